The van der Waals surface area contributed by atoms with Crippen molar-refractivity contribution in [1.29, 1.82) is 0 Å². The van der Waals surface area contributed by atoms with Gasteiger partial charge in [-0.3, -0.25) is 14.7 Å². The molecule has 19 heavy (non-hydrogen) atoms. The highest BCUT2D eigenvalue weighted by molar-refractivity contribution is 5.81. The molecule has 0 bridgehead atoms. The molecule has 0 saturated carbocycles. The van der Waals surface area contributed by atoms with Crippen LogP contribution in [0.2, 0.25) is 0 Å². The fraction of sp³-hybridized carbons (Fsp3) is 0.571. The predicted octanol–water partition coefficient (Wildman–Crippen LogP) is 0.497. The van der Waals surface area contributed by atoms with Gasteiger partial charge in [0.1, 0.15) is 0 Å². The summed E-state index contributed by atoms with van der Waals surface area (Å²) in [4.78, 5) is 20.2. The molecule has 1 aliphatic heterocycles. The smallest absolute Gasteiger partial charge is 0.239 e. The summed E-state index contributed by atoms with van der Waals surface area (Å²) in [6.07, 6.45) is 4.99. The van der Waals surface area contributed by atoms with Crippen molar-refractivity contribution in [2.75, 3.05) is 26.7 Å². The van der Waals surface area contributed by atoms with E-state index in [-0.39, 0.29) is 18.6 Å². The number of aliphatic hydroxyl groups is 1. The molecular weight excluding hydrogens is 242 g/mol. The van der Waals surface area contributed by atoms with Gasteiger partial charge in [-0.25, -0.2) is 0 Å². The second-order valence-corrected chi connectivity index (χ2v) is 4.97. The zero-order valence-electron chi connectivity index (χ0n) is 11.3. The van der Waals surface area contributed by atoms with Crippen molar-refractivity contribution in [2.24, 2.45) is 0 Å². The van der Waals surface area contributed by atoms with Gasteiger partial charge < -0.3 is 10.0 Å². The molecule has 0 aromatic carbocycles. The molecule has 1 fully saturated rings. The first-order valence-electron chi connectivity index (χ1n) is 6.71. The topological polar surface area (TPSA) is 56.7 Å². The lowest BCUT2D eigenvalue weighted by molar-refractivity contribution is -0.134. The van der Waals surface area contributed by atoms with Gasteiger partial charge >= 0.3 is 0 Å². The van der Waals surface area contributed by atoms with Gasteiger partial charge in [-0.2, -0.15) is 0 Å². The maximum Gasteiger partial charge on any atom is 0.239 e. The van der Waals surface area contributed by atoms with Crippen LogP contribution in [0.25, 0.3) is 0 Å². The standard InChI is InChI=1S/C14H21N3O2/c1-16-8-2-9-17(13(5-10-18)14(16)19)11-12-3-6-15-7-4-12/h3-4,6-7,13,18H,2,5,8-11H2,1H3. The number of rotatable bonds is 4. The molecule has 5 heteroatoms. The summed E-state index contributed by atoms with van der Waals surface area (Å²) in [5.41, 5.74) is 1.15. The van der Waals surface area contributed by atoms with E-state index in [9.17, 15) is 9.90 Å². The number of hydrogen-bond acceptors (Lipinski definition) is 4. The number of carbonyl (C=O) groups excluding carboxylic acids is 1. The number of carbonyl (C=O) groups is 1. The van der Waals surface area contributed by atoms with Crippen LogP contribution in [0.15, 0.2) is 24.5 Å². The van der Waals surface area contributed by atoms with Crippen LogP contribution in [0, 0.1) is 0 Å². The minimum Gasteiger partial charge on any atom is -0.396 e. The lowest BCUT2D eigenvalue weighted by Gasteiger charge is -2.29. The lowest BCUT2D eigenvalue weighted by Crippen LogP contribution is -2.44. The van der Waals surface area contributed by atoms with E-state index < -0.39 is 0 Å². The Hall–Kier alpha value is -1.46. The van der Waals surface area contributed by atoms with Gasteiger partial charge in [0.15, 0.2) is 0 Å². The minimum absolute atomic E-state index is 0.0388. The molecule has 1 amide bonds. The second kappa shape index (κ2) is 6.63. The number of hydrogen-bond donors (Lipinski definition) is 1. The third-order valence-corrected chi connectivity index (χ3v) is 3.58. The zero-order chi connectivity index (χ0) is 13.7. The highest BCUT2D eigenvalue weighted by Crippen LogP contribution is 2.16. The zero-order valence-corrected chi connectivity index (χ0v) is 11.3. The Morgan fingerprint density at radius 2 is 2.11 bits per heavy atom. The van der Waals surface area contributed by atoms with E-state index in [1.807, 2.05) is 19.2 Å². The van der Waals surface area contributed by atoms with Crippen LogP contribution in [-0.4, -0.2) is 58.6 Å². The Labute approximate surface area is 113 Å². The molecule has 1 unspecified atom stereocenters. The quantitative estimate of drug-likeness (QED) is 0.859. The van der Waals surface area contributed by atoms with Crippen molar-refractivity contribution in [3.63, 3.8) is 0 Å². The van der Waals surface area contributed by atoms with Gasteiger partial charge in [0, 0.05) is 45.7 Å². The van der Waals surface area contributed by atoms with E-state index in [0.717, 1.165) is 31.6 Å². The van der Waals surface area contributed by atoms with Crippen molar-refractivity contribution in [3.05, 3.63) is 30.1 Å². The molecular formula is C14H21N3O2. The van der Waals surface area contributed by atoms with Crippen LogP contribution in [0.1, 0.15) is 18.4 Å². The van der Waals surface area contributed by atoms with Gasteiger partial charge in [0.2, 0.25) is 5.91 Å². The molecule has 5 nitrogen and oxygen atoms in total. The number of amides is 1. The van der Waals surface area contributed by atoms with Crippen molar-refractivity contribution < 1.29 is 9.90 Å². The van der Waals surface area contributed by atoms with Crippen molar-refractivity contribution in [1.82, 2.24) is 14.8 Å². The third kappa shape index (κ3) is 3.52. The van der Waals surface area contributed by atoms with Gasteiger partial charge in [-0.1, -0.05) is 0 Å². The van der Waals surface area contributed by atoms with Crippen LogP contribution >= 0.6 is 0 Å². The third-order valence-electron chi connectivity index (χ3n) is 3.58. The maximum atomic E-state index is 12.3. The summed E-state index contributed by atoms with van der Waals surface area (Å²) in [6, 6.07) is 3.72. The summed E-state index contributed by atoms with van der Waals surface area (Å²) in [6.45, 7) is 2.43. The van der Waals surface area contributed by atoms with Crippen LogP contribution in [-0.2, 0) is 11.3 Å². The van der Waals surface area contributed by atoms with E-state index in [1.54, 1.807) is 17.3 Å². The first kappa shape index (κ1) is 14.0. The number of pyridine rings is 1. The monoisotopic (exact) mass is 263 g/mol. The largest absolute Gasteiger partial charge is 0.396 e. The van der Waals surface area contributed by atoms with E-state index >= 15 is 0 Å². The van der Waals surface area contributed by atoms with Gasteiger partial charge in [0.05, 0.1) is 6.04 Å². The lowest BCUT2D eigenvalue weighted by atomic mass is 10.1. The molecule has 0 aliphatic carbocycles. The Morgan fingerprint density at radius 3 is 2.79 bits per heavy atom. The first-order valence-corrected chi connectivity index (χ1v) is 6.71. The second-order valence-electron chi connectivity index (χ2n) is 4.97. The van der Waals surface area contributed by atoms with Crippen LogP contribution < -0.4 is 0 Å². The fourth-order valence-corrected chi connectivity index (χ4v) is 2.53. The molecule has 1 aromatic rings. The highest BCUT2D eigenvalue weighted by atomic mass is 16.3. The summed E-state index contributed by atoms with van der Waals surface area (Å²) < 4.78 is 0. The first-order chi connectivity index (χ1) is 9.22. The van der Waals surface area contributed by atoms with Gasteiger partial charge in [-0.05, 0) is 30.5 Å². The fourth-order valence-electron chi connectivity index (χ4n) is 2.53. The number of nitrogens with zero attached hydrogens (tertiary/aromatic N) is 3. The molecule has 0 radical (unpaired) electrons. The molecule has 1 aliphatic rings. The minimum atomic E-state index is -0.217. The van der Waals surface area contributed by atoms with E-state index in [2.05, 4.69) is 9.88 Å². The summed E-state index contributed by atoms with van der Waals surface area (Å²) in [5.74, 6) is 0.112. The van der Waals surface area contributed by atoms with Crippen LogP contribution in [0.5, 0.6) is 0 Å². The summed E-state index contributed by atoms with van der Waals surface area (Å²) in [5, 5.41) is 9.19. The van der Waals surface area contributed by atoms with Crippen molar-refractivity contribution in [3.8, 4) is 0 Å². The molecule has 2 rings (SSSR count). The average Bonchev–Trinajstić information content (AvgIpc) is 2.55. The van der Waals surface area contributed by atoms with E-state index in [0.29, 0.717) is 6.42 Å². The number of likely N-dealkylation sites (N-methyl/N-ethyl adjacent to an activating group) is 1. The molecule has 2 heterocycles. The molecule has 1 N–H and O–H groups in total. The molecule has 1 atom stereocenters. The predicted molar refractivity (Wildman–Crippen MR) is 72.4 cm³/mol. The van der Waals surface area contributed by atoms with Crippen molar-refractivity contribution in [2.45, 2.75) is 25.4 Å². The molecule has 0 spiro atoms. The SMILES string of the molecule is CN1CCCN(Cc2ccncc2)C(CCO)C1=O. The molecule has 104 valence electrons. The Morgan fingerprint density at radius 1 is 1.37 bits per heavy atom. The molecule has 1 saturated heterocycles. The summed E-state index contributed by atoms with van der Waals surface area (Å²) in [7, 11) is 1.84. The highest BCUT2D eigenvalue weighted by Gasteiger charge is 2.30. The van der Waals surface area contributed by atoms with Gasteiger partial charge in [-0.15, -0.1) is 0 Å². The number of aromatic nitrogens is 1. The summed E-state index contributed by atoms with van der Waals surface area (Å²) >= 11 is 0. The van der Waals surface area contributed by atoms with E-state index in [4.69, 9.17) is 0 Å². The Kier molecular flexibility index (Phi) is 4.87. The van der Waals surface area contributed by atoms with Crippen LogP contribution in [0.4, 0.5) is 0 Å². The average molecular weight is 263 g/mol. The normalized spacial score (nSPS) is 21.5. The number of aliphatic hydroxyl groups excluding tert-OH is 1. The van der Waals surface area contributed by atoms with Gasteiger partial charge in [0.25, 0.3) is 0 Å². The maximum absolute atomic E-state index is 12.3. The molecule has 1 aromatic heterocycles. The Balaban J connectivity index is 2.13. The van der Waals surface area contributed by atoms with Crippen LogP contribution in [0.3, 0.4) is 0 Å². The van der Waals surface area contributed by atoms with Crippen molar-refractivity contribution >= 4 is 5.91 Å². The van der Waals surface area contributed by atoms with E-state index in [1.165, 1.54) is 0 Å². The Bertz CT molecular complexity index is 410.